The number of nitrogens with zero attached hydrogens (tertiary/aromatic N) is 2. The maximum Gasteiger partial charge on any atom is 0.263 e. The number of ether oxygens (including phenoxy) is 1. The van der Waals surface area contributed by atoms with Gasteiger partial charge in [-0.25, -0.2) is 0 Å². The molecule has 1 atom stereocenters. The number of carbonyl (C=O) groups excluding carboxylic acids is 2. The third-order valence-corrected chi connectivity index (χ3v) is 4.80. The summed E-state index contributed by atoms with van der Waals surface area (Å²) in [5.41, 5.74) is 2.45. The number of hydrogen-bond donors (Lipinski definition) is 0. The molecule has 24 heavy (non-hydrogen) atoms. The molecule has 124 valence electrons. The van der Waals surface area contributed by atoms with E-state index in [1.165, 1.54) is 4.90 Å². The van der Waals surface area contributed by atoms with Gasteiger partial charge >= 0.3 is 0 Å². The van der Waals surface area contributed by atoms with Gasteiger partial charge in [0.05, 0.1) is 35.0 Å². The monoisotopic (exact) mass is 324 g/mol. The largest absolute Gasteiger partial charge is 0.376 e. The molecule has 4 rings (SSSR count). The molecule has 1 saturated heterocycles. The Morgan fingerprint density at radius 3 is 2.67 bits per heavy atom. The van der Waals surface area contributed by atoms with Gasteiger partial charge in [-0.15, -0.1) is 0 Å². The van der Waals surface area contributed by atoms with Crippen molar-refractivity contribution in [3.63, 3.8) is 0 Å². The third-order valence-electron chi connectivity index (χ3n) is 4.80. The van der Waals surface area contributed by atoms with Crippen molar-refractivity contribution in [2.45, 2.75) is 38.7 Å². The van der Waals surface area contributed by atoms with E-state index in [2.05, 4.69) is 4.98 Å². The summed E-state index contributed by atoms with van der Waals surface area (Å²) in [4.78, 5) is 32.0. The van der Waals surface area contributed by atoms with Crippen LogP contribution in [0.15, 0.2) is 24.3 Å². The van der Waals surface area contributed by atoms with E-state index in [-0.39, 0.29) is 23.8 Å². The van der Waals surface area contributed by atoms with Gasteiger partial charge in [0.2, 0.25) is 0 Å². The molecule has 2 aromatic rings. The lowest BCUT2D eigenvalue weighted by atomic mass is 9.97. The number of carbonyl (C=O) groups is 2. The lowest BCUT2D eigenvalue weighted by Gasteiger charge is -2.18. The molecule has 1 aromatic carbocycles. The maximum absolute atomic E-state index is 13.0. The van der Waals surface area contributed by atoms with Crippen molar-refractivity contribution >= 4 is 22.7 Å². The molecule has 0 N–H and O–H groups in total. The molecular formula is C19H20N2O3. The van der Waals surface area contributed by atoms with Crippen LogP contribution < -0.4 is 0 Å². The first kappa shape index (κ1) is 15.3. The van der Waals surface area contributed by atoms with Gasteiger partial charge in [0.15, 0.2) is 0 Å². The Kier molecular flexibility index (Phi) is 3.61. The highest BCUT2D eigenvalue weighted by Gasteiger charge is 2.41. The molecule has 0 radical (unpaired) electrons. The standard InChI is InChI=1S/C19H20N2O3/c1-11(2)17-16-15(13-7-3-4-8-14(13)20-17)18(22)21(19(16)23)10-12-6-5-9-24-12/h3-4,7-8,11-12H,5-6,9-10H2,1-2H3. The number of aromatic nitrogens is 1. The summed E-state index contributed by atoms with van der Waals surface area (Å²) in [6.07, 6.45) is 1.83. The van der Waals surface area contributed by atoms with Crippen LogP contribution in [0, 0.1) is 0 Å². The molecule has 2 aliphatic rings. The van der Waals surface area contributed by atoms with Crippen molar-refractivity contribution < 1.29 is 14.3 Å². The van der Waals surface area contributed by atoms with Gasteiger partial charge in [0, 0.05) is 12.0 Å². The van der Waals surface area contributed by atoms with Gasteiger partial charge in [-0.1, -0.05) is 32.0 Å². The smallest absolute Gasteiger partial charge is 0.263 e. The first-order valence-electron chi connectivity index (χ1n) is 8.48. The van der Waals surface area contributed by atoms with Crippen molar-refractivity contribution in [1.29, 1.82) is 0 Å². The normalized spacial score (nSPS) is 20.5. The highest BCUT2D eigenvalue weighted by atomic mass is 16.5. The van der Waals surface area contributed by atoms with E-state index in [1.54, 1.807) is 0 Å². The summed E-state index contributed by atoms with van der Waals surface area (Å²) in [5.74, 6) is -0.374. The van der Waals surface area contributed by atoms with Crippen LogP contribution in [-0.2, 0) is 4.74 Å². The first-order chi connectivity index (χ1) is 11.6. The summed E-state index contributed by atoms with van der Waals surface area (Å²) in [5, 5.41) is 0.755. The van der Waals surface area contributed by atoms with Crippen LogP contribution in [0.5, 0.6) is 0 Å². The van der Waals surface area contributed by atoms with Crippen LogP contribution in [0.1, 0.15) is 59.0 Å². The number of fused-ring (bicyclic) bond motifs is 3. The van der Waals surface area contributed by atoms with Crippen LogP contribution in [0.3, 0.4) is 0 Å². The predicted molar refractivity (Wildman–Crippen MR) is 90.2 cm³/mol. The summed E-state index contributed by atoms with van der Waals surface area (Å²) in [7, 11) is 0. The molecule has 2 amide bonds. The van der Waals surface area contributed by atoms with Crippen LogP contribution in [0.2, 0.25) is 0 Å². The lowest BCUT2D eigenvalue weighted by molar-refractivity contribution is 0.0475. The Morgan fingerprint density at radius 1 is 1.21 bits per heavy atom. The second kappa shape index (κ2) is 5.67. The highest BCUT2D eigenvalue weighted by molar-refractivity contribution is 6.26. The molecule has 5 nitrogen and oxygen atoms in total. The van der Waals surface area contributed by atoms with E-state index in [1.807, 2.05) is 38.1 Å². The zero-order valence-corrected chi connectivity index (χ0v) is 13.9. The SMILES string of the molecule is CC(C)c1nc2ccccc2c2c1C(=O)N(CC1CCCO1)C2=O. The van der Waals surface area contributed by atoms with Crippen molar-refractivity contribution in [1.82, 2.24) is 9.88 Å². The quantitative estimate of drug-likeness (QED) is 0.814. The van der Waals surface area contributed by atoms with Gasteiger partial charge in [-0.2, -0.15) is 0 Å². The molecule has 0 spiro atoms. The minimum atomic E-state index is -0.229. The molecule has 0 saturated carbocycles. The molecule has 0 bridgehead atoms. The summed E-state index contributed by atoms with van der Waals surface area (Å²) < 4.78 is 5.61. The highest BCUT2D eigenvalue weighted by Crippen LogP contribution is 2.34. The molecule has 2 aliphatic heterocycles. The number of imide groups is 1. The molecule has 1 unspecified atom stereocenters. The predicted octanol–water partition coefficient (Wildman–Crippen LogP) is 3.13. The average Bonchev–Trinajstić information content (AvgIpc) is 3.17. The number of benzene rings is 1. The fourth-order valence-electron chi connectivity index (χ4n) is 3.61. The molecular weight excluding hydrogens is 304 g/mol. The van der Waals surface area contributed by atoms with Gasteiger partial charge in [0.25, 0.3) is 11.8 Å². The molecule has 3 heterocycles. The number of pyridine rings is 1. The Hall–Kier alpha value is -2.27. The average molecular weight is 324 g/mol. The Morgan fingerprint density at radius 2 is 1.96 bits per heavy atom. The second-order valence-electron chi connectivity index (χ2n) is 6.77. The summed E-state index contributed by atoms with van der Waals surface area (Å²) in [6, 6.07) is 7.53. The Balaban J connectivity index is 1.86. The minimum Gasteiger partial charge on any atom is -0.376 e. The zero-order chi connectivity index (χ0) is 16.8. The molecule has 0 aliphatic carbocycles. The number of rotatable bonds is 3. The van der Waals surface area contributed by atoms with Crippen molar-refractivity contribution in [3.8, 4) is 0 Å². The summed E-state index contributed by atoms with van der Waals surface area (Å²) in [6.45, 7) is 5.03. The first-order valence-corrected chi connectivity index (χ1v) is 8.48. The van der Waals surface area contributed by atoms with E-state index < -0.39 is 0 Å². The van der Waals surface area contributed by atoms with E-state index >= 15 is 0 Å². The van der Waals surface area contributed by atoms with Gasteiger partial charge in [-0.05, 0) is 24.8 Å². The number of amides is 2. The fraction of sp³-hybridized carbons (Fsp3) is 0.421. The Labute approximate surface area is 140 Å². The Bertz CT molecular complexity index is 838. The van der Waals surface area contributed by atoms with Gasteiger partial charge < -0.3 is 4.74 Å². The second-order valence-corrected chi connectivity index (χ2v) is 6.77. The molecule has 5 heteroatoms. The van der Waals surface area contributed by atoms with E-state index in [9.17, 15) is 9.59 Å². The van der Waals surface area contributed by atoms with Gasteiger partial charge in [0.1, 0.15) is 0 Å². The van der Waals surface area contributed by atoms with E-state index in [0.29, 0.717) is 30.0 Å². The van der Waals surface area contributed by atoms with Crippen LogP contribution in [-0.4, -0.2) is 41.0 Å². The van der Waals surface area contributed by atoms with Crippen molar-refractivity contribution in [2.75, 3.05) is 13.2 Å². The van der Waals surface area contributed by atoms with E-state index in [4.69, 9.17) is 4.74 Å². The topological polar surface area (TPSA) is 59.5 Å². The minimum absolute atomic E-state index is 0.0473. The number of hydrogen-bond acceptors (Lipinski definition) is 4. The number of para-hydroxylation sites is 1. The van der Waals surface area contributed by atoms with Crippen molar-refractivity contribution in [3.05, 3.63) is 41.1 Å². The van der Waals surface area contributed by atoms with Crippen molar-refractivity contribution in [2.24, 2.45) is 0 Å². The third kappa shape index (κ3) is 2.23. The van der Waals surface area contributed by atoms with Gasteiger partial charge in [-0.3, -0.25) is 19.5 Å². The zero-order valence-electron chi connectivity index (χ0n) is 13.9. The van der Waals surface area contributed by atoms with Crippen LogP contribution in [0.25, 0.3) is 10.9 Å². The molecule has 1 aromatic heterocycles. The van der Waals surface area contributed by atoms with Crippen LogP contribution >= 0.6 is 0 Å². The summed E-state index contributed by atoms with van der Waals surface area (Å²) >= 11 is 0. The maximum atomic E-state index is 13.0. The van der Waals surface area contributed by atoms with E-state index in [0.717, 1.165) is 23.7 Å². The lowest BCUT2D eigenvalue weighted by Crippen LogP contribution is -2.36. The molecule has 1 fully saturated rings. The van der Waals surface area contributed by atoms with Crippen LogP contribution in [0.4, 0.5) is 0 Å². The fourth-order valence-corrected chi connectivity index (χ4v) is 3.61.